The second-order valence-electron chi connectivity index (χ2n) is 5.56. The summed E-state index contributed by atoms with van der Waals surface area (Å²) in [6.07, 6.45) is 4.69. The van der Waals surface area contributed by atoms with Gasteiger partial charge in [0.2, 0.25) is 6.41 Å². The molecule has 1 aliphatic rings. The molecule has 1 saturated heterocycles. The molecule has 0 saturated carbocycles. The van der Waals surface area contributed by atoms with Gasteiger partial charge in [0.25, 0.3) is 0 Å². The highest BCUT2D eigenvalue weighted by atomic mass is 16.5. The molecule has 1 unspecified atom stereocenters. The Morgan fingerprint density at radius 2 is 2.11 bits per heavy atom. The standard InChI is InChI=1S/C12H24N2O2.C3H8/c1-11(2)4-3-5-14-6-7-16-12(9-14)8-13-10-15;1-3-2/h10-12H,3-9H2,1-2H3,(H,13,15);3H2,1-2H3. The number of carbonyl (C=O) groups excluding carboxylic acids is 1. The summed E-state index contributed by atoms with van der Waals surface area (Å²) >= 11 is 0. The lowest BCUT2D eigenvalue weighted by Crippen LogP contribution is -2.46. The maximum Gasteiger partial charge on any atom is 0.207 e. The molecule has 0 spiro atoms. The Kier molecular flexibility index (Phi) is 12.0. The molecule has 1 atom stereocenters. The van der Waals surface area contributed by atoms with Gasteiger partial charge in [0.1, 0.15) is 0 Å². The molecule has 4 heteroatoms. The Morgan fingerprint density at radius 1 is 1.42 bits per heavy atom. The Balaban J connectivity index is 0.000000982. The van der Waals surface area contributed by atoms with E-state index in [1.54, 1.807) is 0 Å². The van der Waals surface area contributed by atoms with E-state index in [0.717, 1.165) is 38.6 Å². The molecule has 0 aromatic carbocycles. The third-order valence-electron chi connectivity index (χ3n) is 2.91. The van der Waals surface area contributed by atoms with Crippen LogP contribution in [0.1, 0.15) is 47.0 Å². The summed E-state index contributed by atoms with van der Waals surface area (Å²) in [4.78, 5) is 12.6. The van der Waals surface area contributed by atoms with Crippen molar-refractivity contribution in [2.24, 2.45) is 5.92 Å². The van der Waals surface area contributed by atoms with Crippen molar-refractivity contribution in [3.8, 4) is 0 Å². The third kappa shape index (κ3) is 11.0. The normalized spacial score (nSPS) is 19.7. The molecule has 0 aromatic heterocycles. The number of ether oxygens (including phenoxy) is 1. The predicted octanol–water partition coefficient (Wildman–Crippen LogP) is 2.29. The fourth-order valence-corrected chi connectivity index (χ4v) is 2.01. The molecule has 1 fully saturated rings. The van der Waals surface area contributed by atoms with E-state index in [-0.39, 0.29) is 6.10 Å². The van der Waals surface area contributed by atoms with Gasteiger partial charge in [-0.1, -0.05) is 34.1 Å². The van der Waals surface area contributed by atoms with Crippen molar-refractivity contribution in [1.82, 2.24) is 10.2 Å². The highest BCUT2D eigenvalue weighted by Gasteiger charge is 2.19. The quantitative estimate of drug-likeness (QED) is 0.723. The Bertz CT molecular complexity index is 210. The molecule has 19 heavy (non-hydrogen) atoms. The summed E-state index contributed by atoms with van der Waals surface area (Å²) in [5.41, 5.74) is 0. The van der Waals surface area contributed by atoms with E-state index >= 15 is 0 Å². The van der Waals surface area contributed by atoms with E-state index in [2.05, 4.69) is 37.9 Å². The summed E-state index contributed by atoms with van der Waals surface area (Å²) in [7, 11) is 0. The molecule has 4 nitrogen and oxygen atoms in total. The van der Waals surface area contributed by atoms with Gasteiger partial charge < -0.3 is 10.1 Å². The molecule has 1 rings (SSSR count). The molecule has 1 aliphatic heterocycles. The molecule has 1 heterocycles. The van der Waals surface area contributed by atoms with Crippen molar-refractivity contribution >= 4 is 6.41 Å². The van der Waals surface area contributed by atoms with Crippen LogP contribution >= 0.6 is 0 Å². The largest absolute Gasteiger partial charge is 0.374 e. The SMILES string of the molecule is CC(C)CCCN1CCOC(CNC=O)C1.CCC. The van der Waals surface area contributed by atoms with Crippen molar-refractivity contribution in [3.05, 3.63) is 0 Å². The number of amides is 1. The van der Waals surface area contributed by atoms with Gasteiger partial charge in [-0.05, 0) is 25.3 Å². The van der Waals surface area contributed by atoms with Crippen LogP contribution in [0.5, 0.6) is 0 Å². The van der Waals surface area contributed by atoms with Gasteiger partial charge in [0.15, 0.2) is 0 Å². The number of nitrogens with one attached hydrogen (secondary N) is 1. The highest BCUT2D eigenvalue weighted by molar-refractivity contribution is 5.45. The van der Waals surface area contributed by atoms with Crippen LogP contribution in [0.2, 0.25) is 0 Å². The lowest BCUT2D eigenvalue weighted by Gasteiger charge is -2.32. The minimum Gasteiger partial charge on any atom is -0.374 e. The predicted molar refractivity (Wildman–Crippen MR) is 80.3 cm³/mol. The molecule has 0 aromatic rings. The molecular weight excluding hydrogens is 240 g/mol. The number of hydrogen-bond donors (Lipinski definition) is 1. The topological polar surface area (TPSA) is 41.6 Å². The minimum atomic E-state index is 0.165. The third-order valence-corrected chi connectivity index (χ3v) is 2.91. The van der Waals surface area contributed by atoms with Gasteiger partial charge in [0.05, 0.1) is 12.7 Å². The van der Waals surface area contributed by atoms with Gasteiger partial charge in [-0.25, -0.2) is 0 Å². The van der Waals surface area contributed by atoms with E-state index in [0.29, 0.717) is 6.54 Å². The lowest BCUT2D eigenvalue weighted by molar-refractivity contribution is -0.110. The summed E-state index contributed by atoms with van der Waals surface area (Å²) < 4.78 is 5.57. The van der Waals surface area contributed by atoms with Crippen LogP contribution in [-0.2, 0) is 9.53 Å². The Morgan fingerprint density at radius 3 is 2.68 bits per heavy atom. The number of morpholine rings is 1. The van der Waals surface area contributed by atoms with Crippen molar-refractivity contribution in [2.75, 3.05) is 32.8 Å². The van der Waals surface area contributed by atoms with Crippen molar-refractivity contribution < 1.29 is 9.53 Å². The van der Waals surface area contributed by atoms with Crippen LogP contribution < -0.4 is 5.32 Å². The average Bonchev–Trinajstić information content (AvgIpc) is 2.37. The Labute approximate surface area is 118 Å². The fraction of sp³-hybridized carbons (Fsp3) is 0.933. The van der Waals surface area contributed by atoms with E-state index < -0.39 is 0 Å². The average molecular weight is 272 g/mol. The van der Waals surface area contributed by atoms with Crippen LogP contribution in [0.4, 0.5) is 0 Å². The first-order valence-electron chi connectivity index (χ1n) is 7.64. The molecule has 0 bridgehead atoms. The molecule has 0 aliphatic carbocycles. The van der Waals surface area contributed by atoms with E-state index in [9.17, 15) is 4.79 Å². The maximum atomic E-state index is 10.2. The van der Waals surface area contributed by atoms with Gasteiger partial charge >= 0.3 is 0 Å². The van der Waals surface area contributed by atoms with E-state index in [4.69, 9.17) is 4.74 Å². The van der Waals surface area contributed by atoms with Gasteiger partial charge in [-0.2, -0.15) is 0 Å². The molecule has 0 radical (unpaired) electrons. The second-order valence-corrected chi connectivity index (χ2v) is 5.56. The van der Waals surface area contributed by atoms with Gasteiger partial charge in [-0.15, -0.1) is 0 Å². The van der Waals surface area contributed by atoms with Crippen molar-refractivity contribution in [2.45, 2.75) is 53.1 Å². The maximum absolute atomic E-state index is 10.2. The molecule has 114 valence electrons. The lowest BCUT2D eigenvalue weighted by atomic mass is 10.1. The zero-order valence-electron chi connectivity index (χ0n) is 13.2. The summed E-state index contributed by atoms with van der Waals surface area (Å²) in [5.74, 6) is 0.786. The summed E-state index contributed by atoms with van der Waals surface area (Å²) in [5, 5.41) is 2.68. The first-order chi connectivity index (χ1) is 9.13. The monoisotopic (exact) mass is 272 g/mol. The van der Waals surface area contributed by atoms with Crippen LogP contribution in [0.25, 0.3) is 0 Å². The fourth-order valence-electron chi connectivity index (χ4n) is 2.01. The molecule has 1 N–H and O–H groups in total. The van der Waals surface area contributed by atoms with Crippen LogP contribution in [-0.4, -0.2) is 50.2 Å². The number of nitrogens with zero attached hydrogens (tertiary/aromatic N) is 1. The van der Waals surface area contributed by atoms with Gasteiger partial charge in [0, 0.05) is 19.6 Å². The van der Waals surface area contributed by atoms with Crippen molar-refractivity contribution in [3.63, 3.8) is 0 Å². The van der Waals surface area contributed by atoms with Gasteiger partial charge in [-0.3, -0.25) is 9.69 Å². The van der Waals surface area contributed by atoms with Crippen LogP contribution in [0.3, 0.4) is 0 Å². The van der Waals surface area contributed by atoms with Crippen LogP contribution in [0, 0.1) is 5.92 Å². The Hall–Kier alpha value is -0.610. The highest BCUT2D eigenvalue weighted by Crippen LogP contribution is 2.08. The summed E-state index contributed by atoms with van der Waals surface area (Å²) in [6, 6.07) is 0. The first kappa shape index (κ1) is 18.4. The van der Waals surface area contributed by atoms with Crippen LogP contribution in [0.15, 0.2) is 0 Å². The number of rotatable bonds is 7. The smallest absolute Gasteiger partial charge is 0.207 e. The molecular formula is C15H32N2O2. The number of carbonyl (C=O) groups is 1. The minimum absolute atomic E-state index is 0.165. The summed E-state index contributed by atoms with van der Waals surface area (Å²) in [6.45, 7) is 13.3. The number of hydrogen-bond acceptors (Lipinski definition) is 3. The zero-order chi connectivity index (χ0) is 14.5. The zero-order valence-corrected chi connectivity index (χ0v) is 13.2. The first-order valence-corrected chi connectivity index (χ1v) is 7.64. The van der Waals surface area contributed by atoms with Crippen molar-refractivity contribution in [1.29, 1.82) is 0 Å². The van der Waals surface area contributed by atoms with E-state index in [1.807, 2.05) is 0 Å². The van der Waals surface area contributed by atoms with E-state index in [1.165, 1.54) is 19.3 Å². The second kappa shape index (κ2) is 12.4. The molecule has 1 amide bonds.